The van der Waals surface area contributed by atoms with Crippen LogP contribution in [0.25, 0.3) is 10.2 Å². The zero-order chi connectivity index (χ0) is 15.3. The Morgan fingerprint density at radius 1 is 1.23 bits per heavy atom. The molecule has 2 aromatic rings. The summed E-state index contributed by atoms with van der Waals surface area (Å²) in [6.45, 7) is 5.80. The highest BCUT2D eigenvalue weighted by molar-refractivity contribution is 7.19. The van der Waals surface area contributed by atoms with Gasteiger partial charge in [0, 0.05) is 11.4 Å². The maximum Gasteiger partial charge on any atom is 0.243 e. The fraction of sp³-hybridized carbons (Fsp3) is 0.562. The van der Waals surface area contributed by atoms with Crippen molar-refractivity contribution < 1.29 is 4.79 Å². The molecule has 0 aromatic carbocycles. The van der Waals surface area contributed by atoms with Gasteiger partial charge in [0.1, 0.15) is 23.0 Å². The van der Waals surface area contributed by atoms with Crippen molar-refractivity contribution in [3.8, 4) is 0 Å². The first-order chi connectivity index (χ1) is 10.7. The molecule has 0 unspecified atom stereocenters. The van der Waals surface area contributed by atoms with E-state index in [1.165, 1.54) is 28.7 Å². The van der Waals surface area contributed by atoms with Crippen LogP contribution in [0.4, 0.5) is 5.82 Å². The van der Waals surface area contributed by atoms with Gasteiger partial charge >= 0.3 is 0 Å². The molecule has 1 aliphatic heterocycles. The van der Waals surface area contributed by atoms with Crippen molar-refractivity contribution in [1.29, 1.82) is 0 Å². The van der Waals surface area contributed by atoms with Crippen LogP contribution in [0.15, 0.2) is 0 Å². The third-order valence-corrected chi connectivity index (χ3v) is 5.79. The summed E-state index contributed by atoms with van der Waals surface area (Å²) in [5, 5.41) is 1.20. The quantitative estimate of drug-likeness (QED) is 0.854. The third kappa shape index (κ3) is 2.08. The van der Waals surface area contributed by atoms with Crippen molar-refractivity contribution in [3.63, 3.8) is 0 Å². The molecule has 5 nitrogen and oxygen atoms in total. The van der Waals surface area contributed by atoms with Crippen molar-refractivity contribution in [1.82, 2.24) is 14.9 Å². The average Bonchev–Trinajstić information content (AvgIpc) is 3.06. The van der Waals surface area contributed by atoms with E-state index >= 15 is 0 Å². The number of carbonyl (C=O) groups excluding carboxylic acids is 1. The molecule has 4 rings (SSSR count). The highest BCUT2D eigenvalue weighted by atomic mass is 32.1. The molecule has 1 saturated heterocycles. The van der Waals surface area contributed by atoms with Gasteiger partial charge < -0.3 is 9.80 Å². The number of hydrogen-bond donors (Lipinski definition) is 0. The Labute approximate surface area is 134 Å². The minimum Gasteiger partial charge on any atom is -0.329 e. The summed E-state index contributed by atoms with van der Waals surface area (Å²) in [6, 6.07) is 0. The van der Waals surface area contributed by atoms with E-state index in [4.69, 9.17) is 4.98 Å². The van der Waals surface area contributed by atoms with Gasteiger partial charge in [0.05, 0.1) is 12.1 Å². The molecule has 0 saturated carbocycles. The van der Waals surface area contributed by atoms with Crippen LogP contribution in [0.2, 0.25) is 0 Å². The molecule has 22 heavy (non-hydrogen) atoms. The lowest BCUT2D eigenvalue weighted by Gasteiger charge is -2.20. The molecule has 0 spiro atoms. The fourth-order valence-electron chi connectivity index (χ4n) is 3.49. The maximum absolute atomic E-state index is 12.1. The van der Waals surface area contributed by atoms with Crippen molar-refractivity contribution in [2.24, 2.45) is 0 Å². The van der Waals surface area contributed by atoms with E-state index in [0.29, 0.717) is 13.2 Å². The Balaban J connectivity index is 1.86. The molecule has 6 heteroatoms. The Bertz CT molecular complexity index is 754. The van der Waals surface area contributed by atoms with E-state index in [2.05, 4.69) is 9.88 Å². The molecule has 1 fully saturated rings. The number of thiophene rings is 1. The summed E-state index contributed by atoms with van der Waals surface area (Å²) >= 11 is 1.82. The standard InChI is InChI=1S/C16H20N4OS/c1-3-19-9-20(8-13(19)21)15-14-11-6-4-5-7-12(11)22-16(14)18-10(2)17-15/h3-9H2,1-2H3. The summed E-state index contributed by atoms with van der Waals surface area (Å²) in [6.07, 6.45) is 4.79. The predicted octanol–water partition coefficient (Wildman–Crippen LogP) is 2.50. The highest BCUT2D eigenvalue weighted by Gasteiger charge is 2.30. The minimum absolute atomic E-state index is 0.191. The van der Waals surface area contributed by atoms with Gasteiger partial charge in [-0.2, -0.15) is 0 Å². The van der Waals surface area contributed by atoms with Crippen LogP contribution in [0.5, 0.6) is 0 Å². The molecule has 116 valence electrons. The van der Waals surface area contributed by atoms with Crippen LogP contribution in [0.3, 0.4) is 0 Å². The number of amides is 1. The Morgan fingerprint density at radius 2 is 2.05 bits per heavy atom. The normalized spacial score (nSPS) is 18.4. The smallest absolute Gasteiger partial charge is 0.243 e. The predicted molar refractivity (Wildman–Crippen MR) is 88.4 cm³/mol. The SMILES string of the molecule is CCN1CN(c2nc(C)nc3sc4c(c23)CCCC4)CC1=O. The number of nitrogens with zero attached hydrogens (tertiary/aromatic N) is 4. The molecular weight excluding hydrogens is 296 g/mol. The third-order valence-electron chi connectivity index (χ3n) is 4.61. The van der Waals surface area contributed by atoms with Crippen molar-refractivity contribution in [2.45, 2.75) is 39.5 Å². The lowest BCUT2D eigenvalue weighted by molar-refractivity contribution is -0.126. The first-order valence-electron chi connectivity index (χ1n) is 7.99. The largest absolute Gasteiger partial charge is 0.329 e. The van der Waals surface area contributed by atoms with Gasteiger partial charge in [-0.3, -0.25) is 4.79 Å². The van der Waals surface area contributed by atoms with Crippen molar-refractivity contribution in [2.75, 3.05) is 24.7 Å². The van der Waals surface area contributed by atoms with Gasteiger partial charge in [-0.1, -0.05) is 0 Å². The van der Waals surface area contributed by atoms with E-state index in [1.54, 1.807) is 0 Å². The summed E-state index contributed by atoms with van der Waals surface area (Å²) in [7, 11) is 0. The van der Waals surface area contributed by atoms with Crippen molar-refractivity contribution >= 4 is 33.3 Å². The molecule has 1 aliphatic carbocycles. The van der Waals surface area contributed by atoms with E-state index in [-0.39, 0.29) is 5.91 Å². The van der Waals surface area contributed by atoms with Gasteiger partial charge in [0.2, 0.25) is 5.91 Å². The maximum atomic E-state index is 12.1. The molecule has 0 radical (unpaired) electrons. The molecule has 0 bridgehead atoms. The molecular formula is C16H20N4OS. The van der Waals surface area contributed by atoms with E-state index in [9.17, 15) is 4.79 Å². The Kier molecular flexibility index (Phi) is 3.29. The van der Waals surface area contributed by atoms with Gasteiger partial charge in [0.25, 0.3) is 0 Å². The fourth-order valence-corrected chi connectivity index (χ4v) is 4.79. The van der Waals surface area contributed by atoms with Crippen LogP contribution < -0.4 is 4.90 Å². The number of aromatic nitrogens is 2. The van der Waals surface area contributed by atoms with Crippen LogP contribution in [0, 0.1) is 6.92 Å². The van der Waals surface area contributed by atoms with Crippen LogP contribution in [-0.4, -0.2) is 40.5 Å². The van der Waals surface area contributed by atoms with E-state index in [0.717, 1.165) is 35.9 Å². The monoisotopic (exact) mass is 316 g/mol. The second kappa shape index (κ2) is 5.19. The number of likely N-dealkylation sites (N-methyl/N-ethyl adjacent to an activating group) is 1. The second-order valence-corrected chi connectivity index (χ2v) is 7.16. The van der Waals surface area contributed by atoms with Crippen LogP contribution >= 0.6 is 11.3 Å². The molecule has 0 atom stereocenters. The molecule has 2 aliphatic rings. The number of fused-ring (bicyclic) bond motifs is 3. The minimum atomic E-state index is 0.191. The van der Waals surface area contributed by atoms with E-state index < -0.39 is 0 Å². The number of hydrogen-bond acceptors (Lipinski definition) is 5. The topological polar surface area (TPSA) is 49.3 Å². The van der Waals surface area contributed by atoms with Gasteiger partial charge in [-0.15, -0.1) is 11.3 Å². The van der Waals surface area contributed by atoms with Gasteiger partial charge in [-0.25, -0.2) is 9.97 Å². The summed E-state index contributed by atoms with van der Waals surface area (Å²) in [4.78, 5) is 28.0. The lowest BCUT2D eigenvalue weighted by Crippen LogP contribution is -2.27. The van der Waals surface area contributed by atoms with Crippen LogP contribution in [-0.2, 0) is 17.6 Å². The van der Waals surface area contributed by atoms with Crippen LogP contribution in [0.1, 0.15) is 36.0 Å². The zero-order valence-electron chi connectivity index (χ0n) is 13.1. The van der Waals surface area contributed by atoms with Gasteiger partial charge in [0.15, 0.2) is 0 Å². The van der Waals surface area contributed by atoms with Crippen molar-refractivity contribution in [3.05, 3.63) is 16.3 Å². The zero-order valence-corrected chi connectivity index (χ0v) is 13.9. The highest BCUT2D eigenvalue weighted by Crippen LogP contribution is 2.40. The molecule has 2 aromatic heterocycles. The average molecular weight is 316 g/mol. The Hall–Kier alpha value is -1.69. The van der Waals surface area contributed by atoms with Gasteiger partial charge in [-0.05, 0) is 45.1 Å². The molecule has 3 heterocycles. The first-order valence-corrected chi connectivity index (χ1v) is 8.80. The number of carbonyl (C=O) groups is 1. The molecule has 1 amide bonds. The summed E-state index contributed by atoms with van der Waals surface area (Å²) in [5.74, 6) is 1.95. The summed E-state index contributed by atoms with van der Waals surface area (Å²) < 4.78 is 0. The molecule has 0 N–H and O–H groups in total. The number of anilines is 1. The lowest BCUT2D eigenvalue weighted by atomic mass is 9.97. The summed E-state index contributed by atoms with van der Waals surface area (Å²) in [5.41, 5.74) is 1.43. The number of rotatable bonds is 2. The first kappa shape index (κ1) is 13.9. The second-order valence-electron chi connectivity index (χ2n) is 6.07. The van der Waals surface area contributed by atoms with E-state index in [1.807, 2.05) is 30.1 Å². The Morgan fingerprint density at radius 3 is 2.82 bits per heavy atom. The number of aryl methyl sites for hydroxylation is 3.